The smallest absolute Gasteiger partial charge is 0.191 e. The standard InChI is InChI=1S/C20H27N7.HI/c1-2-22-20(23-9-5-12-26-14-11-21-17-26)24-15-18-7-3-4-8-19(18)16-27-13-6-10-25-27;/h3-4,6-8,10-11,13-14,17H,2,5,9,12,15-16H2,1H3,(H2,22,23,24);1H. The number of nitrogens with zero attached hydrogens (tertiary/aromatic N) is 5. The molecule has 0 atom stereocenters. The van der Waals surface area contributed by atoms with Crippen LogP contribution in [0.15, 0.2) is 66.4 Å². The second kappa shape index (κ2) is 12.2. The van der Waals surface area contributed by atoms with Gasteiger partial charge in [-0.25, -0.2) is 9.98 Å². The number of halogens is 1. The number of hydrogen-bond donors (Lipinski definition) is 2. The highest BCUT2D eigenvalue weighted by Gasteiger charge is 2.04. The second-order valence-electron chi connectivity index (χ2n) is 6.25. The van der Waals surface area contributed by atoms with Crippen molar-refractivity contribution < 1.29 is 0 Å². The number of aromatic nitrogens is 4. The molecule has 0 amide bonds. The number of benzene rings is 1. The number of aryl methyl sites for hydroxylation is 1. The van der Waals surface area contributed by atoms with Gasteiger partial charge in [0.2, 0.25) is 0 Å². The molecule has 0 spiro atoms. The highest BCUT2D eigenvalue weighted by Crippen LogP contribution is 2.11. The van der Waals surface area contributed by atoms with Gasteiger partial charge < -0.3 is 15.2 Å². The molecule has 0 aliphatic rings. The third-order valence-corrected chi connectivity index (χ3v) is 4.21. The lowest BCUT2D eigenvalue weighted by Gasteiger charge is -2.13. The molecule has 2 heterocycles. The maximum atomic E-state index is 4.75. The van der Waals surface area contributed by atoms with E-state index in [2.05, 4.69) is 56.5 Å². The van der Waals surface area contributed by atoms with Crippen molar-refractivity contribution in [2.45, 2.75) is 33.0 Å². The van der Waals surface area contributed by atoms with Gasteiger partial charge in [0.25, 0.3) is 0 Å². The van der Waals surface area contributed by atoms with Gasteiger partial charge in [0, 0.05) is 44.4 Å². The van der Waals surface area contributed by atoms with Crippen molar-refractivity contribution in [3.63, 3.8) is 0 Å². The van der Waals surface area contributed by atoms with E-state index in [9.17, 15) is 0 Å². The number of imidazole rings is 1. The molecule has 2 N–H and O–H groups in total. The van der Waals surface area contributed by atoms with Crippen LogP contribution < -0.4 is 10.6 Å². The molecule has 0 bridgehead atoms. The van der Waals surface area contributed by atoms with E-state index in [1.54, 1.807) is 12.4 Å². The minimum Gasteiger partial charge on any atom is -0.357 e. The van der Waals surface area contributed by atoms with Gasteiger partial charge in [-0.2, -0.15) is 5.10 Å². The van der Waals surface area contributed by atoms with Crippen LogP contribution in [-0.4, -0.2) is 38.4 Å². The Balaban J connectivity index is 0.00000280. The molecule has 3 aromatic rings. The maximum absolute atomic E-state index is 4.75. The first-order valence-electron chi connectivity index (χ1n) is 9.37. The number of guanidine groups is 1. The summed E-state index contributed by atoms with van der Waals surface area (Å²) < 4.78 is 4.01. The quantitative estimate of drug-likeness (QED) is 0.208. The zero-order chi connectivity index (χ0) is 18.7. The van der Waals surface area contributed by atoms with E-state index in [1.807, 2.05) is 29.5 Å². The average molecular weight is 493 g/mol. The molecule has 0 fully saturated rings. The van der Waals surface area contributed by atoms with Crippen LogP contribution in [0, 0.1) is 0 Å². The molecule has 0 saturated carbocycles. The van der Waals surface area contributed by atoms with Gasteiger partial charge in [0.05, 0.1) is 19.4 Å². The Bertz CT molecular complexity index is 813. The molecule has 0 aliphatic carbocycles. The molecular weight excluding hydrogens is 465 g/mol. The summed E-state index contributed by atoms with van der Waals surface area (Å²) in [5, 5.41) is 11.0. The Labute approximate surface area is 183 Å². The van der Waals surface area contributed by atoms with Crippen LogP contribution in [0.3, 0.4) is 0 Å². The summed E-state index contributed by atoms with van der Waals surface area (Å²) in [7, 11) is 0. The third-order valence-electron chi connectivity index (χ3n) is 4.21. The Morgan fingerprint density at radius 2 is 1.93 bits per heavy atom. The summed E-state index contributed by atoms with van der Waals surface area (Å²) in [6, 6.07) is 10.3. The molecule has 7 nitrogen and oxygen atoms in total. The minimum atomic E-state index is 0. The average Bonchev–Trinajstić information content (AvgIpc) is 3.38. The van der Waals surface area contributed by atoms with E-state index in [-0.39, 0.29) is 24.0 Å². The van der Waals surface area contributed by atoms with Crippen LogP contribution in [0.2, 0.25) is 0 Å². The van der Waals surface area contributed by atoms with Crippen LogP contribution in [-0.2, 0) is 19.6 Å². The first-order chi connectivity index (χ1) is 13.3. The number of hydrogen-bond acceptors (Lipinski definition) is 3. The van der Waals surface area contributed by atoms with Crippen LogP contribution in [0.4, 0.5) is 0 Å². The van der Waals surface area contributed by atoms with Crippen molar-refractivity contribution in [1.29, 1.82) is 0 Å². The molecule has 150 valence electrons. The summed E-state index contributed by atoms with van der Waals surface area (Å²) in [6.07, 6.45) is 10.4. The van der Waals surface area contributed by atoms with Crippen molar-refractivity contribution >= 4 is 29.9 Å². The molecule has 0 radical (unpaired) electrons. The number of nitrogens with one attached hydrogen (secondary N) is 2. The fourth-order valence-electron chi connectivity index (χ4n) is 2.83. The van der Waals surface area contributed by atoms with Crippen molar-refractivity contribution in [1.82, 2.24) is 30.0 Å². The van der Waals surface area contributed by atoms with Gasteiger partial charge in [0.1, 0.15) is 0 Å². The van der Waals surface area contributed by atoms with Crippen molar-refractivity contribution in [3.8, 4) is 0 Å². The maximum Gasteiger partial charge on any atom is 0.191 e. The van der Waals surface area contributed by atoms with Crippen LogP contribution >= 0.6 is 24.0 Å². The van der Waals surface area contributed by atoms with Gasteiger partial charge in [-0.1, -0.05) is 24.3 Å². The van der Waals surface area contributed by atoms with Crippen LogP contribution in [0.25, 0.3) is 0 Å². The largest absolute Gasteiger partial charge is 0.357 e. The van der Waals surface area contributed by atoms with Crippen molar-refractivity contribution in [2.75, 3.05) is 13.1 Å². The van der Waals surface area contributed by atoms with Gasteiger partial charge in [-0.3, -0.25) is 4.68 Å². The number of aliphatic imine (C=N–C) groups is 1. The fraction of sp³-hybridized carbons (Fsp3) is 0.350. The van der Waals surface area contributed by atoms with E-state index in [4.69, 9.17) is 4.99 Å². The molecule has 0 saturated heterocycles. The predicted octanol–water partition coefficient (Wildman–Crippen LogP) is 2.89. The molecule has 3 rings (SSSR count). The summed E-state index contributed by atoms with van der Waals surface area (Å²) in [5.74, 6) is 0.844. The lowest BCUT2D eigenvalue weighted by Crippen LogP contribution is -2.38. The molecular formula is C20H28IN7. The minimum absolute atomic E-state index is 0. The normalized spacial score (nSPS) is 11.1. The molecule has 2 aromatic heterocycles. The second-order valence-corrected chi connectivity index (χ2v) is 6.25. The first-order valence-corrected chi connectivity index (χ1v) is 9.37. The molecule has 28 heavy (non-hydrogen) atoms. The lowest BCUT2D eigenvalue weighted by molar-refractivity contribution is 0.624. The predicted molar refractivity (Wildman–Crippen MR) is 123 cm³/mol. The summed E-state index contributed by atoms with van der Waals surface area (Å²) in [5.41, 5.74) is 2.45. The Kier molecular flexibility index (Phi) is 9.53. The number of rotatable bonds is 9. The Hall–Kier alpha value is -2.36. The topological polar surface area (TPSA) is 72.1 Å². The van der Waals surface area contributed by atoms with Gasteiger partial charge in [0.15, 0.2) is 5.96 Å². The summed E-state index contributed by atoms with van der Waals surface area (Å²) >= 11 is 0. The first kappa shape index (κ1) is 21.9. The van der Waals surface area contributed by atoms with Crippen molar-refractivity contribution in [3.05, 3.63) is 72.6 Å². The van der Waals surface area contributed by atoms with E-state index >= 15 is 0 Å². The SMILES string of the molecule is CCNC(=NCc1ccccc1Cn1cccn1)NCCCn1ccnc1.I. The zero-order valence-corrected chi connectivity index (χ0v) is 18.5. The van der Waals surface area contributed by atoms with Crippen molar-refractivity contribution in [2.24, 2.45) is 4.99 Å². The monoisotopic (exact) mass is 493 g/mol. The van der Waals surface area contributed by atoms with E-state index < -0.39 is 0 Å². The Morgan fingerprint density at radius 3 is 2.64 bits per heavy atom. The molecule has 8 heteroatoms. The zero-order valence-electron chi connectivity index (χ0n) is 16.2. The molecule has 0 unspecified atom stereocenters. The molecule has 1 aromatic carbocycles. The summed E-state index contributed by atoms with van der Waals surface area (Å²) in [4.78, 5) is 8.82. The fourth-order valence-corrected chi connectivity index (χ4v) is 2.83. The van der Waals surface area contributed by atoms with Crippen LogP contribution in [0.1, 0.15) is 24.5 Å². The van der Waals surface area contributed by atoms with Gasteiger partial charge in [-0.15, -0.1) is 24.0 Å². The van der Waals surface area contributed by atoms with Crippen LogP contribution in [0.5, 0.6) is 0 Å². The summed E-state index contributed by atoms with van der Waals surface area (Å²) in [6.45, 7) is 6.11. The van der Waals surface area contributed by atoms with Gasteiger partial charge >= 0.3 is 0 Å². The third kappa shape index (κ3) is 6.99. The Morgan fingerprint density at radius 1 is 1.07 bits per heavy atom. The molecule has 0 aliphatic heterocycles. The lowest BCUT2D eigenvalue weighted by atomic mass is 10.1. The highest BCUT2D eigenvalue weighted by atomic mass is 127. The van der Waals surface area contributed by atoms with E-state index in [1.165, 1.54) is 11.1 Å². The van der Waals surface area contributed by atoms with Gasteiger partial charge in [-0.05, 0) is 30.5 Å². The van der Waals surface area contributed by atoms with E-state index in [0.717, 1.165) is 38.6 Å². The van der Waals surface area contributed by atoms with E-state index in [0.29, 0.717) is 6.54 Å². The highest BCUT2D eigenvalue weighted by molar-refractivity contribution is 14.0.